The smallest absolute Gasteiger partial charge is 0.339 e. The van der Waals surface area contributed by atoms with Crippen molar-refractivity contribution in [1.29, 1.82) is 0 Å². The molecule has 0 unspecified atom stereocenters. The second-order valence-electron chi connectivity index (χ2n) is 3.72. The van der Waals surface area contributed by atoms with Crippen LogP contribution in [0.3, 0.4) is 0 Å². The van der Waals surface area contributed by atoms with Gasteiger partial charge in [-0.3, -0.25) is 4.98 Å². The van der Waals surface area contributed by atoms with Gasteiger partial charge in [-0.1, -0.05) is 0 Å². The second-order valence-corrected chi connectivity index (χ2v) is 3.72. The van der Waals surface area contributed by atoms with E-state index in [1.807, 2.05) is 0 Å². The molecule has 1 aromatic carbocycles. The predicted molar refractivity (Wildman–Crippen MR) is 66.8 cm³/mol. The molecule has 0 amide bonds. The summed E-state index contributed by atoms with van der Waals surface area (Å²) >= 11 is 0. The van der Waals surface area contributed by atoms with Gasteiger partial charge in [0.05, 0.1) is 12.8 Å². The Kier molecular flexibility index (Phi) is 3.61. The van der Waals surface area contributed by atoms with Crippen LogP contribution >= 0.6 is 0 Å². The van der Waals surface area contributed by atoms with E-state index in [9.17, 15) is 4.79 Å². The van der Waals surface area contributed by atoms with Crippen molar-refractivity contribution in [2.45, 2.75) is 6.92 Å². The Morgan fingerprint density at radius 3 is 2.63 bits per heavy atom. The quantitative estimate of drug-likeness (QED) is 0.908. The van der Waals surface area contributed by atoms with E-state index >= 15 is 0 Å². The Hall–Kier alpha value is -2.63. The fourth-order valence-corrected chi connectivity index (χ4v) is 1.49. The van der Waals surface area contributed by atoms with Gasteiger partial charge in [0.15, 0.2) is 0 Å². The van der Waals surface area contributed by atoms with Crippen LogP contribution in [0, 0.1) is 6.92 Å². The van der Waals surface area contributed by atoms with Crippen LogP contribution in [0.5, 0.6) is 17.4 Å². The van der Waals surface area contributed by atoms with E-state index in [-0.39, 0.29) is 17.2 Å². The van der Waals surface area contributed by atoms with Crippen molar-refractivity contribution < 1.29 is 19.4 Å². The second kappa shape index (κ2) is 5.34. The number of aromatic nitrogens is 2. The molecule has 19 heavy (non-hydrogen) atoms. The van der Waals surface area contributed by atoms with E-state index in [0.717, 1.165) is 0 Å². The summed E-state index contributed by atoms with van der Waals surface area (Å²) < 4.78 is 10.5. The molecule has 6 nitrogen and oxygen atoms in total. The van der Waals surface area contributed by atoms with Gasteiger partial charge in [0.1, 0.15) is 17.1 Å². The summed E-state index contributed by atoms with van der Waals surface area (Å²) in [6.07, 6.45) is 3.01. The number of benzene rings is 1. The van der Waals surface area contributed by atoms with Gasteiger partial charge in [0.2, 0.25) is 5.88 Å². The van der Waals surface area contributed by atoms with E-state index in [4.69, 9.17) is 14.6 Å². The molecule has 0 aliphatic heterocycles. The molecule has 0 spiro atoms. The van der Waals surface area contributed by atoms with Crippen molar-refractivity contribution in [3.8, 4) is 17.4 Å². The largest absolute Gasteiger partial charge is 0.497 e. The molecule has 2 rings (SSSR count). The highest BCUT2D eigenvalue weighted by Gasteiger charge is 2.15. The Balaban J connectivity index is 2.40. The number of aromatic carboxylic acids is 1. The minimum absolute atomic E-state index is 0.00408. The number of nitrogens with zero attached hydrogens (tertiary/aromatic N) is 2. The number of aryl methyl sites for hydroxylation is 1. The summed E-state index contributed by atoms with van der Waals surface area (Å²) in [4.78, 5) is 19.2. The van der Waals surface area contributed by atoms with Crippen molar-refractivity contribution in [2.75, 3.05) is 7.11 Å². The highest BCUT2D eigenvalue weighted by Crippen LogP contribution is 2.28. The Bertz CT molecular complexity index is 613. The van der Waals surface area contributed by atoms with Crippen molar-refractivity contribution >= 4 is 5.97 Å². The summed E-state index contributed by atoms with van der Waals surface area (Å²) in [5.74, 6) is -0.192. The molecule has 2 aromatic rings. The maximum absolute atomic E-state index is 11.2. The topological polar surface area (TPSA) is 81.5 Å². The number of methoxy groups -OCH3 is 1. The molecule has 0 saturated heterocycles. The number of hydrogen-bond donors (Lipinski definition) is 1. The number of carbonyl (C=O) groups is 1. The van der Waals surface area contributed by atoms with Crippen LogP contribution in [0.15, 0.2) is 30.6 Å². The molecule has 1 N–H and O–H groups in total. The molecule has 0 saturated carbocycles. The van der Waals surface area contributed by atoms with Crippen LogP contribution in [0.2, 0.25) is 0 Å². The number of carboxylic acid groups (broad SMARTS) is 1. The zero-order valence-corrected chi connectivity index (χ0v) is 10.5. The fourth-order valence-electron chi connectivity index (χ4n) is 1.49. The highest BCUT2D eigenvalue weighted by atomic mass is 16.5. The summed E-state index contributed by atoms with van der Waals surface area (Å²) in [6.45, 7) is 1.73. The normalized spacial score (nSPS) is 10.0. The first-order valence-corrected chi connectivity index (χ1v) is 5.48. The Morgan fingerprint density at radius 2 is 2.00 bits per heavy atom. The van der Waals surface area contributed by atoms with E-state index < -0.39 is 5.97 Å². The summed E-state index contributed by atoms with van der Waals surface area (Å²) in [5, 5.41) is 9.16. The minimum atomic E-state index is -1.10. The number of ether oxygens (including phenoxy) is 2. The third-order valence-electron chi connectivity index (χ3n) is 2.46. The molecule has 0 fully saturated rings. The molecular formula is C13H12N2O4. The standard InChI is InChI=1S/C13H12N2O4/c1-8-12(15-6-5-14-8)19-11-4-3-9(18-2)7-10(11)13(16)17/h3-7H,1-2H3,(H,16,17). The van der Waals surface area contributed by atoms with Gasteiger partial charge in [-0.05, 0) is 25.1 Å². The van der Waals surface area contributed by atoms with Crippen LogP contribution in [-0.2, 0) is 0 Å². The maximum atomic E-state index is 11.2. The van der Waals surface area contributed by atoms with Gasteiger partial charge in [-0.25, -0.2) is 9.78 Å². The summed E-state index contributed by atoms with van der Waals surface area (Å²) in [5.41, 5.74) is 0.582. The monoisotopic (exact) mass is 260 g/mol. The van der Waals surface area contributed by atoms with Gasteiger partial charge < -0.3 is 14.6 Å². The lowest BCUT2D eigenvalue weighted by atomic mass is 10.2. The first-order valence-electron chi connectivity index (χ1n) is 5.48. The molecule has 0 radical (unpaired) electrons. The van der Waals surface area contributed by atoms with E-state index in [0.29, 0.717) is 11.4 Å². The van der Waals surface area contributed by atoms with E-state index in [1.165, 1.54) is 31.6 Å². The molecule has 0 aliphatic rings. The van der Waals surface area contributed by atoms with Gasteiger partial charge in [0.25, 0.3) is 0 Å². The third kappa shape index (κ3) is 2.79. The molecule has 0 bridgehead atoms. The minimum Gasteiger partial charge on any atom is -0.497 e. The van der Waals surface area contributed by atoms with Crippen molar-refractivity contribution in [3.05, 3.63) is 41.9 Å². The van der Waals surface area contributed by atoms with Crippen LogP contribution in [0.1, 0.15) is 16.1 Å². The van der Waals surface area contributed by atoms with Crippen LogP contribution in [0.25, 0.3) is 0 Å². The average Bonchev–Trinajstić information content (AvgIpc) is 2.41. The lowest BCUT2D eigenvalue weighted by Gasteiger charge is -2.10. The molecule has 0 atom stereocenters. The van der Waals surface area contributed by atoms with E-state index in [2.05, 4.69) is 9.97 Å². The van der Waals surface area contributed by atoms with E-state index in [1.54, 1.807) is 13.0 Å². The lowest BCUT2D eigenvalue weighted by Crippen LogP contribution is -2.02. The van der Waals surface area contributed by atoms with Gasteiger partial charge in [-0.15, -0.1) is 0 Å². The van der Waals surface area contributed by atoms with Gasteiger partial charge in [0, 0.05) is 12.4 Å². The summed E-state index contributed by atoms with van der Waals surface area (Å²) in [6, 6.07) is 4.53. The number of hydrogen-bond acceptors (Lipinski definition) is 5. The molecule has 1 aromatic heterocycles. The van der Waals surface area contributed by atoms with Crippen LogP contribution in [0.4, 0.5) is 0 Å². The van der Waals surface area contributed by atoms with Crippen LogP contribution in [-0.4, -0.2) is 28.2 Å². The first kappa shape index (κ1) is 12.8. The maximum Gasteiger partial charge on any atom is 0.339 e. The Morgan fingerprint density at radius 1 is 1.26 bits per heavy atom. The number of rotatable bonds is 4. The van der Waals surface area contributed by atoms with Crippen molar-refractivity contribution in [3.63, 3.8) is 0 Å². The lowest BCUT2D eigenvalue weighted by molar-refractivity contribution is 0.0693. The fraction of sp³-hybridized carbons (Fsp3) is 0.154. The van der Waals surface area contributed by atoms with Crippen molar-refractivity contribution in [2.24, 2.45) is 0 Å². The van der Waals surface area contributed by atoms with Gasteiger partial charge >= 0.3 is 5.97 Å². The third-order valence-corrected chi connectivity index (χ3v) is 2.46. The zero-order chi connectivity index (χ0) is 13.8. The SMILES string of the molecule is COc1ccc(Oc2nccnc2C)c(C(=O)O)c1. The highest BCUT2D eigenvalue weighted by molar-refractivity contribution is 5.91. The predicted octanol–water partition coefficient (Wildman–Crippen LogP) is 2.28. The molecule has 0 aliphatic carbocycles. The molecule has 98 valence electrons. The van der Waals surface area contributed by atoms with Gasteiger partial charge in [-0.2, -0.15) is 0 Å². The average molecular weight is 260 g/mol. The van der Waals surface area contributed by atoms with Crippen molar-refractivity contribution in [1.82, 2.24) is 9.97 Å². The van der Waals surface area contributed by atoms with Crippen LogP contribution < -0.4 is 9.47 Å². The first-order chi connectivity index (χ1) is 9.11. The molecule has 1 heterocycles. The number of carboxylic acids is 1. The zero-order valence-electron chi connectivity index (χ0n) is 10.5. The molecular weight excluding hydrogens is 248 g/mol. The summed E-state index contributed by atoms with van der Waals surface area (Å²) in [7, 11) is 1.47. The Labute approximate surface area is 109 Å². The molecule has 6 heteroatoms.